The fraction of sp³-hybridized carbons (Fsp3) is 0. The van der Waals surface area contributed by atoms with E-state index in [1.807, 2.05) is 0 Å². The molecule has 0 unspecified atom stereocenters. The summed E-state index contributed by atoms with van der Waals surface area (Å²) in [7, 11) is 0. The average molecular weight is 333 g/mol. The Morgan fingerprint density at radius 3 is 1.25 bits per heavy atom. The normalized spacial score (nSPS) is 0.750. The minimum atomic E-state index is 0. The third-order valence-electron chi connectivity index (χ3n) is 0. The zero-order valence-electron chi connectivity index (χ0n) is 2.19. The van der Waals surface area contributed by atoms with E-state index in [2.05, 4.69) is 13.1 Å². The van der Waals surface area contributed by atoms with Gasteiger partial charge in [-0.25, -0.2) is 0 Å². The zero-order chi connectivity index (χ0) is 2.00. The van der Waals surface area contributed by atoms with Crippen LogP contribution < -0.4 is 0 Å². The molecule has 0 N–H and O–H groups in total. The Hall–Kier alpha value is 2.58. The first kappa shape index (κ1) is 16.0. The second-order valence-corrected chi connectivity index (χ2v) is 0. The molecule has 0 aromatic rings. The Morgan fingerprint density at radius 1 is 1.25 bits per heavy atom. The summed E-state index contributed by atoms with van der Waals surface area (Å²) >= 11 is 4.25. The summed E-state index contributed by atoms with van der Waals surface area (Å²) in [4.78, 5) is 0. The van der Waals surface area contributed by atoms with Crippen LogP contribution in [0.4, 0.5) is 0 Å². The molecule has 5 radical (unpaired) electrons. The van der Waals surface area contributed by atoms with Crippen molar-refractivity contribution in [1.29, 1.82) is 0 Å². The van der Waals surface area contributed by atoms with Gasteiger partial charge in [0.1, 0.15) is 0 Å². The average Bonchev–Trinajstić information content (AvgIpc) is 1.00. The minimum Gasteiger partial charge on any atom is 0 e. The molecule has 0 aliphatic heterocycles. The van der Waals surface area contributed by atoms with Crippen molar-refractivity contribution in [2.75, 3.05) is 0 Å². The van der Waals surface area contributed by atoms with Crippen LogP contribution in [0.15, 0.2) is 0 Å². The molecule has 0 aromatic carbocycles. The van der Waals surface area contributed by atoms with Crippen LogP contribution in [0.1, 0.15) is 0 Å². The van der Waals surface area contributed by atoms with Crippen LogP contribution in [0.25, 0.3) is 0 Å². The Labute approximate surface area is 71.4 Å². The van der Waals surface area contributed by atoms with Crippen molar-refractivity contribution in [1.82, 2.24) is 0 Å². The first-order valence-corrected chi connectivity index (χ1v) is 6.36. The molecule has 0 aliphatic carbocycles. The van der Waals surface area contributed by atoms with Crippen LogP contribution in [0.2, 0.25) is 0 Å². The largest absolute Gasteiger partial charge is 0 e. The third kappa shape index (κ3) is 8.82. The second kappa shape index (κ2) is 17.6. The molecule has 0 heterocycles. The van der Waals surface area contributed by atoms with Crippen molar-refractivity contribution in [2.45, 2.75) is 0 Å². The zero-order valence-corrected chi connectivity index (χ0v) is 12.1. The number of hydrogen-bond acceptors (Lipinski definition) is 0. The molecule has 0 fully saturated rings. The van der Waals surface area contributed by atoms with Gasteiger partial charge in [-0.2, -0.15) is 0 Å². The minimum absolute atomic E-state index is 0. The molecule has 0 nitrogen and oxygen atoms in total. The third-order valence-corrected chi connectivity index (χ3v) is 0. The van der Waals surface area contributed by atoms with Crippen LogP contribution >= 0.6 is 0 Å². The summed E-state index contributed by atoms with van der Waals surface area (Å²) in [5.41, 5.74) is 0. The maximum Gasteiger partial charge on any atom is 0 e. The molecule has 0 aliphatic rings. The molecule has 15 valence electrons. The predicted octanol–water partition coefficient (Wildman–Crippen LogP) is -1.14. The summed E-state index contributed by atoms with van der Waals surface area (Å²) in [5, 5.41) is 0. The van der Waals surface area contributed by atoms with Gasteiger partial charge in [-0.05, 0) is 0 Å². The molecule has 0 bridgehead atoms. The fourth-order valence-corrected chi connectivity index (χ4v) is 0. The summed E-state index contributed by atoms with van der Waals surface area (Å²) in [5.74, 6) is 0. The van der Waals surface area contributed by atoms with Crippen molar-refractivity contribution in [3.63, 3.8) is 0 Å². The van der Waals surface area contributed by atoms with Gasteiger partial charge in [-0.3, -0.25) is 0 Å². The Balaban J connectivity index is -0.00000000500. The predicted molar refractivity (Wildman–Crippen MR) is 17.3 cm³/mol. The van der Waals surface area contributed by atoms with E-state index >= 15 is 0 Å². The molecule has 0 saturated heterocycles. The van der Waals surface area contributed by atoms with E-state index in [0.717, 1.165) is 0 Å². The smallest absolute Gasteiger partial charge is 0 e. The van der Waals surface area contributed by atoms with Gasteiger partial charge >= 0.3 is 29.1 Å². The van der Waals surface area contributed by atoms with Gasteiger partial charge in [-0.15, -0.1) is 0 Å². The van der Waals surface area contributed by atoms with Gasteiger partial charge in [0, 0.05) is 43.4 Å². The van der Waals surface area contributed by atoms with Crippen LogP contribution in [0.5, 0.6) is 0 Å². The van der Waals surface area contributed by atoms with Gasteiger partial charge in [0.25, 0.3) is 0 Å². The molecule has 0 spiro atoms. The van der Waals surface area contributed by atoms with E-state index in [0.29, 0.717) is 0 Å². The summed E-state index contributed by atoms with van der Waals surface area (Å²) in [6, 6.07) is 0. The first-order chi connectivity index (χ1) is 1.00. The molecular formula is GaSeSnZn. The number of rotatable bonds is 0. The maximum absolute atomic E-state index is 2.69. The monoisotopic (exact) mass is 333 g/mol. The molecular weight excluding hydrogens is 333 g/mol. The second-order valence-electron chi connectivity index (χ2n) is 0. The van der Waals surface area contributed by atoms with Crippen LogP contribution in [-0.2, 0) is 19.5 Å². The van der Waals surface area contributed by atoms with Crippen LogP contribution in [0.3, 0.4) is 0 Å². The van der Waals surface area contributed by atoms with Crippen molar-refractivity contribution >= 4 is 53.0 Å². The van der Waals surface area contributed by atoms with E-state index in [-0.39, 0.29) is 43.4 Å². The summed E-state index contributed by atoms with van der Waals surface area (Å²) < 4.78 is 0. The van der Waals surface area contributed by atoms with E-state index in [1.54, 1.807) is 16.0 Å². The number of hydrogen-bond donors (Lipinski definition) is 0. The van der Waals surface area contributed by atoms with Crippen LogP contribution in [-0.4, -0.2) is 53.0 Å². The molecule has 4 heavy (non-hydrogen) atoms. The molecule has 0 saturated carbocycles. The van der Waals surface area contributed by atoms with Gasteiger partial charge in [0.2, 0.25) is 0 Å². The quantitative estimate of drug-likeness (QED) is 0.492. The Morgan fingerprint density at radius 2 is 1.25 bits per heavy atom. The van der Waals surface area contributed by atoms with Gasteiger partial charge in [0.15, 0.2) is 0 Å². The van der Waals surface area contributed by atoms with Crippen molar-refractivity contribution < 1.29 is 19.5 Å². The van der Waals surface area contributed by atoms with E-state index in [1.165, 1.54) is 0 Å². The molecule has 0 rings (SSSR count). The molecule has 0 aromatic heterocycles. The Kier molecular flexibility index (Phi) is 70.3. The van der Waals surface area contributed by atoms with Gasteiger partial charge in [-0.1, -0.05) is 0 Å². The summed E-state index contributed by atoms with van der Waals surface area (Å²) in [6.07, 6.45) is 0. The topological polar surface area (TPSA) is 0 Å². The van der Waals surface area contributed by atoms with Crippen molar-refractivity contribution in [3.8, 4) is 0 Å². The van der Waals surface area contributed by atoms with Crippen molar-refractivity contribution in [3.05, 3.63) is 0 Å². The van der Waals surface area contributed by atoms with E-state index in [9.17, 15) is 0 Å². The van der Waals surface area contributed by atoms with Gasteiger partial charge < -0.3 is 0 Å². The van der Waals surface area contributed by atoms with Gasteiger partial charge in [0.05, 0.1) is 0 Å². The first-order valence-electron chi connectivity index (χ1n) is 0.236. The maximum atomic E-state index is 2.69. The van der Waals surface area contributed by atoms with Crippen molar-refractivity contribution in [2.24, 2.45) is 0 Å². The van der Waals surface area contributed by atoms with E-state index < -0.39 is 0 Å². The molecule has 0 atom stereocenters. The fourth-order valence-electron chi connectivity index (χ4n) is 0. The summed E-state index contributed by atoms with van der Waals surface area (Å²) in [6.45, 7) is 0. The SMILES string of the molecule is [Ga]=[Se].[Sn].[Zn]. The standard InChI is InChI=1S/Ga.Se.Sn.Zn. The molecule has 0 amide bonds. The molecule has 4 heteroatoms. The van der Waals surface area contributed by atoms with Crippen LogP contribution in [0, 0.1) is 0 Å². The Bertz CT molecular complexity index is 8.00. The van der Waals surface area contributed by atoms with E-state index in [4.69, 9.17) is 0 Å².